The van der Waals surface area contributed by atoms with Gasteiger partial charge in [-0.25, -0.2) is 0 Å². The summed E-state index contributed by atoms with van der Waals surface area (Å²) in [7, 11) is 1.71. The van der Waals surface area contributed by atoms with E-state index in [0.717, 1.165) is 43.5 Å². The zero-order valence-corrected chi connectivity index (χ0v) is 15.9. The molecule has 1 fully saturated rings. The highest BCUT2D eigenvalue weighted by atomic mass is 16.5. The van der Waals surface area contributed by atoms with E-state index in [1.165, 1.54) is 0 Å². The predicted octanol–water partition coefficient (Wildman–Crippen LogP) is 1.85. The third-order valence-corrected chi connectivity index (χ3v) is 4.39. The van der Waals surface area contributed by atoms with Gasteiger partial charge in [0, 0.05) is 37.7 Å². The zero-order chi connectivity index (χ0) is 18.3. The summed E-state index contributed by atoms with van der Waals surface area (Å²) in [5, 5.41) is 16.2. The minimum absolute atomic E-state index is 0.126. The molecule has 0 bridgehead atoms. The average Bonchev–Trinajstić information content (AvgIpc) is 3.08. The lowest BCUT2D eigenvalue weighted by atomic mass is 9.95. The summed E-state index contributed by atoms with van der Waals surface area (Å²) in [5.74, 6) is 1.73. The topological polar surface area (TPSA) is 69.1 Å². The van der Waals surface area contributed by atoms with E-state index in [4.69, 9.17) is 4.74 Å². The Kier molecular flexibility index (Phi) is 6.93. The lowest BCUT2D eigenvalue weighted by Gasteiger charge is -2.23. The monoisotopic (exact) mass is 348 g/mol. The molecule has 140 valence electrons. The van der Waals surface area contributed by atoms with Crippen LogP contribution in [-0.2, 0) is 0 Å². The molecule has 1 atom stereocenters. The molecule has 6 nitrogen and oxygen atoms in total. The number of methoxy groups -OCH3 is 1. The van der Waals surface area contributed by atoms with E-state index in [9.17, 15) is 5.11 Å². The summed E-state index contributed by atoms with van der Waals surface area (Å²) >= 11 is 0. The molecule has 1 unspecified atom stereocenters. The van der Waals surface area contributed by atoms with E-state index in [2.05, 4.69) is 33.5 Å². The number of benzene rings is 1. The molecule has 1 heterocycles. The Labute approximate surface area is 151 Å². The zero-order valence-electron chi connectivity index (χ0n) is 15.9. The van der Waals surface area contributed by atoms with E-state index < -0.39 is 0 Å². The summed E-state index contributed by atoms with van der Waals surface area (Å²) in [4.78, 5) is 6.99. The fourth-order valence-electron chi connectivity index (χ4n) is 2.84. The lowest BCUT2D eigenvalue weighted by molar-refractivity contribution is 0.167. The third-order valence-electron chi connectivity index (χ3n) is 4.39. The van der Waals surface area contributed by atoms with Crippen molar-refractivity contribution in [3.8, 4) is 5.75 Å². The minimum Gasteiger partial charge on any atom is -0.495 e. The largest absolute Gasteiger partial charge is 0.495 e. The number of para-hydroxylation sites is 2. The molecule has 0 radical (unpaired) electrons. The molecular weight excluding hydrogens is 316 g/mol. The van der Waals surface area contributed by atoms with Crippen molar-refractivity contribution >= 4 is 11.6 Å². The standard InChI is InChI=1S/C19H32N4O2/c1-5-20-18(21-13-19(2,3)14-24)22-15-10-11-23(12-15)16-8-6-7-9-17(16)25-4/h6-9,15,24H,5,10-14H2,1-4H3,(H2,20,21,22). The van der Waals surface area contributed by atoms with Crippen LogP contribution in [0.3, 0.4) is 0 Å². The summed E-state index contributed by atoms with van der Waals surface area (Å²) in [6.07, 6.45) is 1.05. The van der Waals surface area contributed by atoms with Crippen molar-refractivity contribution in [1.82, 2.24) is 10.6 Å². The van der Waals surface area contributed by atoms with Crippen LogP contribution in [0.5, 0.6) is 5.75 Å². The Balaban J connectivity index is 1.99. The van der Waals surface area contributed by atoms with Crippen molar-refractivity contribution in [3.63, 3.8) is 0 Å². The molecule has 0 saturated carbocycles. The van der Waals surface area contributed by atoms with Crippen molar-refractivity contribution < 1.29 is 9.84 Å². The summed E-state index contributed by atoms with van der Waals surface area (Å²) in [6.45, 7) is 9.51. The Bertz CT molecular complexity index is 574. The first-order valence-corrected chi connectivity index (χ1v) is 9.02. The number of hydrogen-bond acceptors (Lipinski definition) is 4. The average molecular weight is 348 g/mol. The molecule has 3 N–H and O–H groups in total. The van der Waals surface area contributed by atoms with E-state index >= 15 is 0 Å². The number of aliphatic imine (C=N–C) groups is 1. The number of nitrogens with one attached hydrogen (secondary N) is 2. The highest BCUT2D eigenvalue weighted by Crippen LogP contribution is 2.30. The van der Waals surface area contributed by atoms with Crippen LogP contribution in [0.25, 0.3) is 0 Å². The molecule has 0 amide bonds. The minimum atomic E-state index is -0.207. The Morgan fingerprint density at radius 1 is 1.40 bits per heavy atom. The van der Waals surface area contributed by atoms with Gasteiger partial charge in [0.05, 0.1) is 19.3 Å². The number of hydrogen-bond donors (Lipinski definition) is 3. The second-order valence-electron chi connectivity index (χ2n) is 7.27. The van der Waals surface area contributed by atoms with Crippen molar-refractivity contribution in [2.24, 2.45) is 10.4 Å². The van der Waals surface area contributed by atoms with Gasteiger partial charge in [0.2, 0.25) is 0 Å². The predicted molar refractivity (Wildman–Crippen MR) is 104 cm³/mol. The lowest BCUT2D eigenvalue weighted by Crippen LogP contribution is -2.45. The van der Waals surface area contributed by atoms with E-state index in [1.54, 1.807) is 7.11 Å². The quantitative estimate of drug-likeness (QED) is 0.518. The molecule has 1 aliphatic heterocycles. The highest BCUT2D eigenvalue weighted by Gasteiger charge is 2.25. The molecule has 0 spiro atoms. The van der Waals surface area contributed by atoms with Crippen LogP contribution in [0, 0.1) is 5.41 Å². The van der Waals surface area contributed by atoms with Crippen LogP contribution >= 0.6 is 0 Å². The fourth-order valence-corrected chi connectivity index (χ4v) is 2.84. The Morgan fingerprint density at radius 3 is 2.84 bits per heavy atom. The van der Waals surface area contributed by atoms with Gasteiger partial charge in [-0.3, -0.25) is 4.99 Å². The first-order chi connectivity index (χ1) is 12.0. The van der Waals surface area contributed by atoms with Gasteiger partial charge in [0.25, 0.3) is 0 Å². The van der Waals surface area contributed by atoms with Crippen molar-refractivity contribution in [1.29, 1.82) is 0 Å². The van der Waals surface area contributed by atoms with E-state index in [0.29, 0.717) is 12.6 Å². The van der Waals surface area contributed by atoms with Gasteiger partial charge in [-0.15, -0.1) is 0 Å². The number of aliphatic hydroxyl groups is 1. The maximum absolute atomic E-state index is 9.40. The van der Waals surface area contributed by atoms with Crippen molar-refractivity contribution in [3.05, 3.63) is 24.3 Å². The van der Waals surface area contributed by atoms with Crippen LogP contribution in [0.15, 0.2) is 29.3 Å². The van der Waals surface area contributed by atoms with Crippen LogP contribution in [0.1, 0.15) is 27.2 Å². The smallest absolute Gasteiger partial charge is 0.191 e. The van der Waals surface area contributed by atoms with E-state index in [1.807, 2.05) is 32.0 Å². The van der Waals surface area contributed by atoms with Gasteiger partial charge in [-0.2, -0.15) is 0 Å². The molecule has 2 rings (SSSR count). The third kappa shape index (κ3) is 5.53. The molecule has 1 aromatic rings. The molecule has 1 aliphatic rings. The molecule has 0 aromatic heterocycles. The number of guanidine groups is 1. The molecule has 0 aliphatic carbocycles. The molecule has 1 aromatic carbocycles. The van der Waals surface area contributed by atoms with Crippen LogP contribution in [0.4, 0.5) is 5.69 Å². The van der Waals surface area contributed by atoms with Gasteiger partial charge in [-0.1, -0.05) is 26.0 Å². The fraction of sp³-hybridized carbons (Fsp3) is 0.632. The first kappa shape index (κ1) is 19.4. The van der Waals surface area contributed by atoms with Gasteiger partial charge in [-0.05, 0) is 25.5 Å². The number of ether oxygens (including phenoxy) is 1. The number of anilines is 1. The second-order valence-corrected chi connectivity index (χ2v) is 7.27. The first-order valence-electron chi connectivity index (χ1n) is 9.02. The van der Waals surface area contributed by atoms with Crippen molar-refractivity contribution in [2.45, 2.75) is 33.2 Å². The summed E-state index contributed by atoms with van der Waals surface area (Å²) in [5.41, 5.74) is 0.930. The molecule has 25 heavy (non-hydrogen) atoms. The van der Waals surface area contributed by atoms with Gasteiger partial charge in [0.15, 0.2) is 5.96 Å². The maximum Gasteiger partial charge on any atom is 0.191 e. The van der Waals surface area contributed by atoms with Crippen LogP contribution < -0.4 is 20.3 Å². The Morgan fingerprint density at radius 2 is 2.16 bits per heavy atom. The SMILES string of the molecule is CCNC(=NCC(C)(C)CO)NC1CCN(c2ccccc2OC)C1. The van der Waals surface area contributed by atoms with E-state index in [-0.39, 0.29) is 12.0 Å². The summed E-state index contributed by atoms with van der Waals surface area (Å²) < 4.78 is 5.48. The second kappa shape index (κ2) is 8.94. The highest BCUT2D eigenvalue weighted by molar-refractivity contribution is 5.80. The van der Waals surface area contributed by atoms with Gasteiger partial charge < -0.3 is 25.4 Å². The number of nitrogens with zero attached hydrogens (tertiary/aromatic N) is 2. The number of aliphatic hydroxyl groups excluding tert-OH is 1. The van der Waals surface area contributed by atoms with Crippen LogP contribution in [-0.4, -0.2) is 57.0 Å². The number of rotatable bonds is 7. The Hall–Kier alpha value is -1.95. The van der Waals surface area contributed by atoms with Gasteiger partial charge in [0.1, 0.15) is 5.75 Å². The maximum atomic E-state index is 9.40. The molecular formula is C19H32N4O2. The van der Waals surface area contributed by atoms with Gasteiger partial charge >= 0.3 is 0 Å². The normalized spacial score (nSPS) is 18.4. The summed E-state index contributed by atoms with van der Waals surface area (Å²) in [6, 6.07) is 8.47. The van der Waals surface area contributed by atoms with Crippen LogP contribution in [0.2, 0.25) is 0 Å². The molecule has 1 saturated heterocycles. The van der Waals surface area contributed by atoms with Crippen molar-refractivity contribution in [2.75, 3.05) is 44.8 Å². The molecule has 6 heteroatoms.